The Balaban J connectivity index is 1.90. The van der Waals surface area contributed by atoms with Gasteiger partial charge in [-0.1, -0.05) is 24.3 Å². The minimum atomic E-state index is -1.07. The van der Waals surface area contributed by atoms with E-state index in [4.69, 9.17) is 4.74 Å². The third kappa shape index (κ3) is 6.33. The number of aryl methyl sites for hydroxylation is 1. The molecule has 0 fully saturated rings. The van der Waals surface area contributed by atoms with E-state index < -0.39 is 30.3 Å². The first-order valence-corrected chi connectivity index (χ1v) is 9.45. The molecule has 2 aromatic rings. The lowest BCUT2D eigenvalue weighted by atomic mass is 10.1. The number of nitrogens with one attached hydrogen (secondary N) is 2. The predicted molar refractivity (Wildman–Crippen MR) is 104 cm³/mol. The Morgan fingerprint density at radius 3 is 2.44 bits per heavy atom. The number of aliphatic hydroxyl groups is 1. The highest BCUT2D eigenvalue weighted by molar-refractivity contribution is 7.13. The van der Waals surface area contributed by atoms with Gasteiger partial charge in [0.25, 0.3) is 0 Å². The maximum absolute atomic E-state index is 12.2. The quantitative estimate of drug-likeness (QED) is 0.703. The fourth-order valence-electron chi connectivity index (χ4n) is 2.31. The Hall–Kier alpha value is -2.45. The van der Waals surface area contributed by atoms with E-state index in [1.54, 1.807) is 32.1 Å². The molecule has 3 N–H and O–H groups in total. The number of nitrogens with zero attached hydrogens (tertiary/aromatic N) is 1. The highest BCUT2D eigenvalue weighted by Gasteiger charge is 2.23. The van der Waals surface area contributed by atoms with Gasteiger partial charge in [0.1, 0.15) is 11.6 Å². The average Bonchev–Trinajstić information content (AvgIpc) is 3.02. The zero-order chi connectivity index (χ0) is 20.0. The van der Waals surface area contributed by atoms with E-state index in [-0.39, 0.29) is 6.54 Å². The lowest BCUT2D eigenvalue weighted by Gasteiger charge is -2.22. The van der Waals surface area contributed by atoms with Crippen LogP contribution in [0.3, 0.4) is 0 Å². The molecular weight excluding hydrogens is 366 g/mol. The molecule has 1 atom stereocenters. The monoisotopic (exact) mass is 391 g/mol. The van der Waals surface area contributed by atoms with E-state index in [1.165, 1.54) is 0 Å². The summed E-state index contributed by atoms with van der Waals surface area (Å²) in [7, 11) is 0. The number of alkyl carbamates (subject to hydrolysis) is 1. The molecule has 0 aliphatic rings. The van der Waals surface area contributed by atoms with Crippen LogP contribution >= 0.6 is 11.3 Å². The van der Waals surface area contributed by atoms with Crippen LogP contribution in [0.2, 0.25) is 0 Å². The smallest absolute Gasteiger partial charge is 0.408 e. The van der Waals surface area contributed by atoms with Gasteiger partial charge < -0.3 is 20.5 Å². The van der Waals surface area contributed by atoms with Crippen molar-refractivity contribution < 1.29 is 19.4 Å². The van der Waals surface area contributed by atoms with Crippen molar-refractivity contribution in [2.75, 3.05) is 6.61 Å². The summed E-state index contributed by atoms with van der Waals surface area (Å²) < 4.78 is 5.10. The molecule has 1 aromatic heterocycles. The summed E-state index contributed by atoms with van der Waals surface area (Å²) in [5, 5.41) is 14.4. The number of aliphatic hydroxyl groups excluding tert-OH is 1. The van der Waals surface area contributed by atoms with Crippen LogP contribution in [0.1, 0.15) is 32.0 Å². The molecule has 0 bridgehead atoms. The van der Waals surface area contributed by atoms with Gasteiger partial charge in [0.05, 0.1) is 22.7 Å². The minimum absolute atomic E-state index is 0.285. The highest BCUT2D eigenvalue weighted by Crippen LogP contribution is 2.27. The molecule has 0 radical (unpaired) electrons. The molecule has 0 saturated heterocycles. The number of aromatic nitrogens is 1. The lowest BCUT2D eigenvalue weighted by molar-refractivity contribution is -0.124. The number of carbonyl (C=O) groups excluding carboxylic acids is 2. The van der Waals surface area contributed by atoms with Gasteiger partial charge in [0.15, 0.2) is 0 Å². The number of thiazole rings is 1. The number of ether oxygens (including phenoxy) is 1. The second-order valence-electron chi connectivity index (χ2n) is 7.06. The first-order chi connectivity index (χ1) is 12.7. The standard InChI is InChI=1S/C19H25N3O4S/c1-12-16(27-11-21-12)14-7-5-13(6-8-14)9-20-17(24)15(10-23)22-18(25)26-19(2,3)4/h5-8,11,15,23H,9-10H2,1-4H3,(H,20,24)(H,22,25)/t15-/m1/s1. The van der Waals surface area contributed by atoms with Crippen LogP contribution in [0.15, 0.2) is 29.8 Å². The molecule has 1 heterocycles. The minimum Gasteiger partial charge on any atom is -0.444 e. The zero-order valence-corrected chi connectivity index (χ0v) is 16.7. The van der Waals surface area contributed by atoms with Crippen LogP contribution < -0.4 is 10.6 Å². The Morgan fingerprint density at radius 2 is 1.93 bits per heavy atom. The fraction of sp³-hybridized carbons (Fsp3) is 0.421. The van der Waals surface area contributed by atoms with Crippen molar-refractivity contribution in [1.29, 1.82) is 0 Å². The van der Waals surface area contributed by atoms with Crippen molar-refractivity contribution in [1.82, 2.24) is 15.6 Å². The van der Waals surface area contributed by atoms with Crippen molar-refractivity contribution in [3.8, 4) is 10.4 Å². The van der Waals surface area contributed by atoms with Crippen molar-refractivity contribution in [3.05, 3.63) is 41.0 Å². The number of hydrogen-bond acceptors (Lipinski definition) is 6. The molecule has 8 heteroatoms. The molecule has 7 nitrogen and oxygen atoms in total. The Morgan fingerprint density at radius 1 is 1.26 bits per heavy atom. The number of amides is 2. The molecule has 0 saturated carbocycles. The highest BCUT2D eigenvalue weighted by atomic mass is 32.1. The summed E-state index contributed by atoms with van der Waals surface area (Å²) in [5.41, 5.74) is 4.10. The largest absolute Gasteiger partial charge is 0.444 e. The molecule has 1 aromatic carbocycles. The number of carbonyl (C=O) groups is 2. The summed E-state index contributed by atoms with van der Waals surface area (Å²) in [5.74, 6) is -0.481. The maximum Gasteiger partial charge on any atom is 0.408 e. The molecular formula is C19H25N3O4S. The van der Waals surface area contributed by atoms with Crippen LogP contribution in [0.4, 0.5) is 4.79 Å². The SMILES string of the molecule is Cc1ncsc1-c1ccc(CNC(=O)[C@@H](CO)NC(=O)OC(C)(C)C)cc1. The Labute approximate surface area is 162 Å². The fourth-order valence-corrected chi connectivity index (χ4v) is 3.12. The first kappa shape index (κ1) is 20.9. The van der Waals surface area contributed by atoms with Gasteiger partial charge in [0, 0.05) is 6.54 Å². The molecule has 27 heavy (non-hydrogen) atoms. The molecule has 0 unspecified atom stereocenters. The van der Waals surface area contributed by atoms with E-state index >= 15 is 0 Å². The third-order valence-electron chi connectivity index (χ3n) is 3.62. The topological polar surface area (TPSA) is 101 Å². The van der Waals surface area contributed by atoms with Gasteiger partial charge in [-0.2, -0.15) is 0 Å². The second-order valence-corrected chi connectivity index (χ2v) is 7.92. The Bertz CT molecular complexity index is 781. The summed E-state index contributed by atoms with van der Waals surface area (Å²) in [6.07, 6.45) is -0.749. The summed E-state index contributed by atoms with van der Waals surface area (Å²) in [6.45, 7) is 6.89. The van der Waals surface area contributed by atoms with E-state index in [0.29, 0.717) is 0 Å². The number of rotatable bonds is 6. The number of benzene rings is 1. The van der Waals surface area contributed by atoms with Gasteiger partial charge in [-0.15, -0.1) is 11.3 Å². The lowest BCUT2D eigenvalue weighted by Crippen LogP contribution is -2.49. The summed E-state index contributed by atoms with van der Waals surface area (Å²) >= 11 is 1.58. The van der Waals surface area contributed by atoms with E-state index in [2.05, 4.69) is 15.6 Å². The molecule has 0 spiro atoms. The normalized spacial score (nSPS) is 12.3. The van der Waals surface area contributed by atoms with Crippen molar-refractivity contribution in [3.63, 3.8) is 0 Å². The summed E-state index contributed by atoms with van der Waals surface area (Å²) in [6, 6.07) is 6.72. The van der Waals surface area contributed by atoms with Gasteiger partial charge in [-0.3, -0.25) is 4.79 Å². The molecule has 2 rings (SSSR count). The van der Waals surface area contributed by atoms with Crippen LogP contribution in [0.5, 0.6) is 0 Å². The third-order valence-corrected chi connectivity index (χ3v) is 4.60. The molecule has 0 aliphatic heterocycles. The van der Waals surface area contributed by atoms with Gasteiger partial charge in [0.2, 0.25) is 5.91 Å². The van der Waals surface area contributed by atoms with Crippen molar-refractivity contribution >= 4 is 23.3 Å². The summed E-state index contributed by atoms with van der Waals surface area (Å²) in [4.78, 5) is 29.3. The van der Waals surface area contributed by atoms with Crippen molar-refractivity contribution in [2.24, 2.45) is 0 Å². The first-order valence-electron chi connectivity index (χ1n) is 8.57. The van der Waals surface area contributed by atoms with Crippen LogP contribution in [-0.4, -0.2) is 40.3 Å². The number of hydrogen-bond donors (Lipinski definition) is 3. The van der Waals surface area contributed by atoms with Crippen LogP contribution in [0, 0.1) is 6.92 Å². The zero-order valence-electron chi connectivity index (χ0n) is 15.9. The van der Waals surface area contributed by atoms with E-state index in [9.17, 15) is 14.7 Å². The van der Waals surface area contributed by atoms with Gasteiger partial charge in [-0.05, 0) is 38.8 Å². The molecule has 0 aliphatic carbocycles. The Kier molecular flexibility index (Phi) is 6.92. The van der Waals surface area contributed by atoms with Gasteiger partial charge >= 0.3 is 6.09 Å². The van der Waals surface area contributed by atoms with E-state index in [0.717, 1.165) is 21.7 Å². The van der Waals surface area contributed by atoms with Crippen LogP contribution in [-0.2, 0) is 16.1 Å². The second kappa shape index (κ2) is 8.96. The maximum atomic E-state index is 12.2. The predicted octanol–water partition coefficient (Wildman–Crippen LogP) is 2.62. The average molecular weight is 391 g/mol. The molecule has 2 amide bonds. The molecule has 146 valence electrons. The van der Waals surface area contributed by atoms with E-state index in [1.807, 2.05) is 36.7 Å². The van der Waals surface area contributed by atoms with Crippen molar-refractivity contribution in [2.45, 2.75) is 45.9 Å². The van der Waals surface area contributed by atoms with Crippen LogP contribution in [0.25, 0.3) is 10.4 Å². The van der Waals surface area contributed by atoms with Gasteiger partial charge in [-0.25, -0.2) is 9.78 Å².